The zero-order valence-electron chi connectivity index (χ0n) is 16.0. The van der Waals surface area contributed by atoms with Crippen LogP contribution in [-0.2, 0) is 0 Å². The van der Waals surface area contributed by atoms with Crippen molar-refractivity contribution in [2.45, 2.75) is 31.6 Å². The van der Waals surface area contributed by atoms with Crippen molar-refractivity contribution in [2.24, 2.45) is 0 Å². The SMILES string of the molecule is COc1cccc(C2CC(C(F)(F)F)n3nc(C(=O)Nc4cc(C)on4)cc3N2)c1. The molecule has 0 saturated carbocycles. The van der Waals surface area contributed by atoms with E-state index in [9.17, 15) is 18.0 Å². The second-order valence-corrected chi connectivity index (χ2v) is 6.90. The Labute approximate surface area is 169 Å². The molecule has 3 aromatic rings. The molecule has 0 radical (unpaired) electrons. The Morgan fingerprint density at radius 3 is 2.80 bits per heavy atom. The van der Waals surface area contributed by atoms with Gasteiger partial charge in [-0.05, 0) is 24.6 Å². The van der Waals surface area contributed by atoms with Gasteiger partial charge in [-0.25, -0.2) is 4.68 Å². The van der Waals surface area contributed by atoms with E-state index in [4.69, 9.17) is 9.26 Å². The van der Waals surface area contributed by atoms with Gasteiger partial charge < -0.3 is 19.9 Å². The topological polar surface area (TPSA) is 94.2 Å². The Hall–Kier alpha value is -3.50. The van der Waals surface area contributed by atoms with Crippen LogP contribution in [0.2, 0.25) is 0 Å². The van der Waals surface area contributed by atoms with E-state index >= 15 is 0 Å². The summed E-state index contributed by atoms with van der Waals surface area (Å²) >= 11 is 0. The molecule has 1 aliphatic rings. The Kier molecular flexibility index (Phi) is 4.88. The fourth-order valence-corrected chi connectivity index (χ4v) is 3.37. The van der Waals surface area contributed by atoms with Crippen LogP contribution in [-0.4, -0.2) is 34.1 Å². The molecule has 158 valence electrons. The highest BCUT2D eigenvalue weighted by atomic mass is 19.4. The van der Waals surface area contributed by atoms with Gasteiger partial charge >= 0.3 is 6.18 Å². The molecule has 1 aromatic carbocycles. The second kappa shape index (κ2) is 7.39. The summed E-state index contributed by atoms with van der Waals surface area (Å²) in [5.41, 5.74) is 0.471. The predicted octanol–water partition coefficient (Wildman–Crippen LogP) is 4.10. The molecule has 1 aliphatic heterocycles. The minimum Gasteiger partial charge on any atom is -0.497 e. The van der Waals surface area contributed by atoms with Gasteiger partial charge in [0, 0.05) is 18.6 Å². The van der Waals surface area contributed by atoms with Crippen molar-refractivity contribution in [3.05, 3.63) is 53.4 Å². The van der Waals surface area contributed by atoms with E-state index < -0.39 is 24.2 Å². The first-order valence-electron chi connectivity index (χ1n) is 9.06. The number of carbonyl (C=O) groups excluding carboxylic acids is 1. The monoisotopic (exact) mass is 421 g/mol. The Morgan fingerprint density at radius 2 is 2.13 bits per heavy atom. The third-order valence-electron chi connectivity index (χ3n) is 4.79. The molecule has 0 spiro atoms. The molecule has 1 amide bonds. The van der Waals surface area contributed by atoms with Crippen molar-refractivity contribution >= 4 is 17.5 Å². The first-order chi connectivity index (χ1) is 14.2. The Morgan fingerprint density at radius 1 is 1.33 bits per heavy atom. The molecule has 0 bridgehead atoms. The van der Waals surface area contributed by atoms with Crippen LogP contribution in [0.3, 0.4) is 0 Å². The lowest BCUT2D eigenvalue weighted by Crippen LogP contribution is -2.35. The zero-order valence-corrected chi connectivity index (χ0v) is 16.0. The highest BCUT2D eigenvalue weighted by Crippen LogP contribution is 2.44. The number of ether oxygens (including phenoxy) is 1. The Balaban J connectivity index is 1.65. The van der Waals surface area contributed by atoms with Crippen LogP contribution >= 0.6 is 0 Å². The van der Waals surface area contributed by atoms with E-state index in [1.54, 1.807) is 31.2 Å². The van der Waals surface area contributed by atoms with Crippen LogP contribution < -0.4 is 15.4 Å². The number of anilines is 2. The van der Waals surface area contributed by atoms with Crippen LogP contribution in [0.15, 0.2) is 40.9 Å². The van der Waals surface area contributed by atoms with E-state index in [-0.39, 0.29) is 23.8 Å². The van der Waals surface area contributed by atoms with Crippen LogP contribution in [0.1, 0.15) is 40.3 Å². The summed E-state index contributed by atoms with van der Waals surface area (Å²) in [4.78, 5) is 12.4. The van der Waals surface area contributed by atoms with Crippen molar-refractivity contribution in [3.63, 3.8) is 0 Å². The normalized spacial score (nSPS) is 18.4. The highest BCUT2D eigenvalue weighted by molar-refractivity contribution is 6.02. The number of hydrogen-bond acceptors (Lipinski definition) is 6. The number of alkyl halides is 3. The minimum absolute atomic E-state index is 0.0953. The third kappa shape index (κ3) is 3.82. The van der Waals surface area contributed by atoms with Crippen LogP contribution in [0.4, 0.5) is 24.8 Å². The second-order valence-electron chi connectivity index (χ2n) is 6.90. The molecule has 4 rings (SSSR count). The number of hydrogen-bond donors (Lipinski definition) is 2. The maximum Gasteiger partial charge on any atom is 0.410 e. The number of rotatable bonds is 4. The minimum atomic E-state index is -4.54. The molecule has 2 unspecified atom stereocenters. The third-order valence-corrected chi connectivity index (χ3v) is 4.79. The summed E-state index contributed by atoms with van der Waals surface area (Å²) in [7, 11) is 1.49. The molecule has 0 fully saturated rings. The van der Waals surface area contributed by atoms with Crippen molar-refractivity contribution in [2.75, 3.05) is 17.7 Å². The van der Waals surface area contributed by atoms with Gasteiger partial charge in [0.05, 0.1) is 13.2 Å². The van der Waals surface area contributed by atoms with Crippen LogP contribution in [0.5, 0.6) is 5.75 Å². The summed E-state index contributed by atoms with van der Waals surface area (Å²) in [6, 6.07) is 7.08. The molecule has 2 aromatic heterocycles. The number of nitrogens with one attached hydrogen (secondary N) is 2. The quantitative estimate of drug-likeness (QED) is 0.659. The van der Waals surface area contributed by atoms with Crippen molar-refractivity contribution in [3.8, 4) is 5.75 Å². The summed E-state index contributed by atoms with van der Waals surface area (Å²) in [5, 5.41) is 13.0. The number of nitrogens with zero attached hydrogens (tertiary/aromatic N) is 3. The summed E-state index contributed by atoms with van der Waals surface area (Å²) < 4.78 is 52.2. The molecule has 0 saturated heterocycles. The lowest BCUT2D eigenvalue weighted by atomic mass is 9.97. The lowest BCUT2D eigenvalue weighted by molar-refractivity contribution is -0.173. The first kappa shape index (κ1) is 19.8. The first-order valence-corrected chi connectivity index (χ1v) is 9.06. The van der Waals surface area contributed by atoms with E-state index in [1.165, 1.54) is 19.2 Å². The molecule has 2 atom stereocenters. The number of halogens is 3. The number of aryl methyl sites for hydroxylation is 1. The Bertz CT molecular complexity index is 1080. The van der Waals surface area contributed by atoms with E-state index in [1.807, 2.05) is 0 Å². The largest absolute Gasteiger partial charge is 0.497 e. The fraction of sp³-hybridized carbons (Fsp3) is 0.316. The maximum absolute atomic E-state index is 13.8. The van der Waals surface area contributed by atoms with Gasteiger partial charge in [0.1, 0.15) is 17.3 Å². The van der Waals surface area contributed by atoms with E-state index in [0.717, 1.165) is 4.68 Å². The summed E-state index contributed by atoms with van der Waals surface area (Å²) in [6.07, 6.45) is -4.83. The molecular formula is C19H18F3N5O3. The zero-order chi connectivity index (χ0) is 21.5. The van der Waals surface area contributed by atoms with Gasteiger partial charge in [-0.3, -0.25) is 4.79 Å². The van der Waals surface area contributed by atoms with Crippen molar-refractivity contribution in [1.82, 2.24) is 14.9 Å². The lowest BCUT2D eigenvalue weighted by Gasteiger charge is -2.33. The molecular weight excluding hydrogens is 403 g/mol. The summed E-state index contributed by atoms with van der Waals surface area (Å²) in [5.74, 6) is 0.580. The molecule has 30 heavy (non-hydrogen) atoms. The number of carbonyl (C=O) groups is 1. The van der Waals surface area contributed by atoms with E-state index in [0.29, 0.717) is 17.1 Å². The van der Waals surface area contributed by atoms with Gasteiger partial charge in [0.25, 0.3) is 5.91 Å². The number of amides is 1. The maximum atomic E-state index is 13.8. The van der Waals surface area contributed by atoms with Gasteiger partial charge in [0.15, 0.2) is 17.6 Å². The number of benzene rings is 1. The predicted molar refractivity (Wildman–Crippen MR) is 100 cm³/mol. The molecule has 0 aliphatic carbocycles. The van der Waals surface area contributed by atoms with Crippen LogP contribution in [0.25, 0.3) is 0 Å². The van der Waals surface area contributed by atoms with Gasteiger partial charge in [-0.15, -0.1) is 0 Å². The standard InChI is InChI=1S/C19H18F3N5O3/c1-10-6-16(26-30-10)24-18(28)14-9-17-23-13(11-4-3-5-12(7-11)29-2)8-15(19(20,21)22)27(17)25-14/h3-7,9,13,15,23H,8H2,1-2H3,(H,24,26,28). The van der Waals surface area contributed by atoms with E-state index in [2.05, 4.69) is 20.9 Å². The fourth-order valence-electron chi connectivity index (χ4n) is 3.37. The van der Waals surface area contributed by atoms with Gasteiger partial charge in [-0.1, -0.05) is 17.3 Å². The number of methoxy groups -OCH3 is 1. The molecule has 8 nitrogen and oxygen atoms in total. The van der Waals surface area contributed by atoms with Crippen molar-refractivity contribution in [1.29, 1.82) is 0 Å². The van der Waals surface area contributed by atoms with Crippen molar-refractivity contribution < 1.29 is 27.2 Å². The average Bonchev–Trinajstić information content (AvgIpc) is 3.32. The van der Waals surface area contributed by atoms with Crippen LogP contribution in [0, 0.1) is 6.92 Å². The molecule has 11 heteroatoms. The smallest absolute Gasteiger partial charge is 0.410 e. The van der Waals surface area contributed by atoms with Gasteiger partial charge in [0.2, 0.25) is 0 Å². The summed E-state index contributed by atoms with van der Waals surface area (Å²) in [6.45, 7) is 1.65. The average molecular weight is 421 g/mol. The number of aromatic nitrogens is 3. The number of fused-ring (bicyclic) bond motifs is 1. The van der Waals surface area contributed by atoms with Gasteiger partial charge in [-0.2, -0.15) is 18.3 Å². The molecule has 3 heterocycles. The molecule has 2 N–H and O–H groups in total. The highest BCUT2D eigenvalue weighted by Gasteiger charge is 2.46.